The van der Waals surface area contributed by atoms with E-state index in [1.807, 2.05) is 6.07 Å². The number of rotatable bonds is 4. The van der Waals surface area contributed by atoms with Crippen molar-refractivity contribution in [1.29, 1.82) is 0 Å². The summed E-state index contributed by atoms with van der Waals surface area (Å²) in [6.45, 7) is 1.75. The molecule has 1 aliphatic heterocycles. The van der Waals surface area contributed by atoms with Crippen LogP contribution in [0, 0.1) is 5.82 Å². The summed E-state index contributed by atoms with van der Waals surface area (Å²) in [5.41, 5.74) is 0.615. The van der Waals surface area contributed by atoms with Gasteiger partial charge in [-0.1, -0.05) is 12.1 Å². The third-order valence-electron chi connectivity index (χ3n) is 4.17. The average molecular weight is 358 g/mol. The Hall–Kier alpha value is -2.58. The first-order valence-corrected chi connectivity index (χ1v) is 8.70. The van der Waals surface area contributed by atoms with E-state index in [-0.39, 0.29) is 17.6 Å². The molecule has 3 heterocycles. The number of carboxylic acid groups (broad SMARTS) is 1. The summed E-state index contributed by atoms with van der Waals surface area (Å²) in [5.74, 6) is -0.896. The van der Waals surface area contributed by atoms with E-state index in [0.717, 1.165) is 24.4 Å². The molecule has 1 saturated heterocycles. The van der Waals surface area contributed by atoms with Gasteiger partial charge in [0.05, 0.1) is 4.70 Å². The molecule has 25 heavy (non-hydrogen) atoms. The van der Waals surface area contributed by atoms with Crippen molar-refractivity contribution in [3.05, 3.63) is 41.8 Å². The number of hydrogen-bond acceptors (Lipinski definition) is 6. The van der Waals surface area contributed by atoms with E-state index >= 15 is 0 Å². The lowest BCUT2D eigenvalue weighted by Gasteiger charge is -2.12. The molecule has 1 fully saturated rings. The second-order valence-corrected chi connectivity index (χ2v) is 6.95. The Balaban J connectivity index is 1.84. The smallest absolute Gasteiger partial charge is 0.357 e. The fraction of sp³-hybridized carbons (Fsp3) is 0.235. The molecule has 3 N–H and O–H groups in total. The highest BCUT2D eigenvalue weighted by molar-refractivity contribution is 7.22. The highest BCUT2D eigenvalue weighted by Gasteiger charge is 2.21. The van der Waals surface area contributed by atoms with Crippen molar-refractivity contribution in [1.82, 2.24) is 15.5 Å². The van der Waals surface area contributed by atoms with Gasteiger partial charge in [0.25, 0.3) is 0 Å². The first-order valence-electron chi connectivity index (χ1n) is 7.88. The number of nitrogens with one attached hydrogen (secondary N) is 2. The molecule has 0 spiro atoms. The van der Waals surface area contributed by atoms with Crippen molar-refractivity contribution in [2.75, 3.05) is 18.4 Å². The molecule has 3 aromatic rings. The van der Waals surface area contributed by atoms with Crippen molar-refractivity contribution in [2.45, 2.75) is 12.5 Å². The van der Waals surface area contributed by atoms with Crippen molar-refractivity contribution < 1.29 is 14.3 Å². The van der Waals surface area contributed by atoms with Gasteiger partial charge in [-0.3, -0.25) is 0 Å². The summed E-state index contributed by atoms with van der Waals surface area (Å²) in [5, 5.41) is 24.6. The minimum atomic E-state index is -1.13. The normalized spacial score (nSPS) is 17.1. The van der Waals surface area contributed by atoms with Crippen LogP contribution in [-0.2, 0) is 0 Å². The van der Waals surface area contributed by atoms with E-state index in [1.54, 1.807) is 12.1 Å². The number of benzene rings is 1. The van der Waals surface area contributed by atoms with Gasteiger partial charge in [0.15, 0.2) is 11.5 Å². The second-order valence-electron chi connectivity index (χ2n) is 5.90. The maximum Gasteiger partial charge on any atom is 0.357 e. The van der Waals surface area contributed by atoms with Crippen LogP contribution in [-0.4, -0.2) is 40.4 Å². The van der Waals surface area contributed by atoms with Gasteiger partial charge in [-0.15, -0.1) is 21.5 Å². The summed E-state index contributed by atoms with van der Waals surface area (Å²) in [7, 11) is 0. The number of anilines is 1. The molecule has 1 atom stereocenters. The molecular formula is C17H15FN4O2S. The molecular weight excluding hydrogens is 343 g/mol. The molecule has 1 unspecified atom stereocenters. The third-order valence-corrected chi connectivity index (χ3v) is 5.36. The zero-order valence-corrected chi connectivity index (χ0v) is 13.9. The number of aromatic carboxylic acids is 1. The van der Waals surface area contributed by atoms with Crippen LogP contribution in [0.5, 0.6) is 0 Å². The summed E-state index contributed by atoms with van der Waals surface area (Å²) in [4.78, 5) is 12.3. The summed E-state index contributed by atoms with van der Waals surface area (Å²) < 4.78 is 14.1. The fourth-order valence-corrected chi connectivity index (χ4v) is 4.08. The van der Waals surface area contributed by atoms with Gasteiger partial charge in [0.2, 0.25) is 0 Å². The van der Waals surface area contributed by atoms with Gasteiger partial charge < -0.3 is 15.7 Å². The SMILES string of the molecule is O=C(O)c1nnc(NC2CCNC2)c2cc(-c3cccc(F)c3)sc12. The molecule has 8 heteroatoms. The topological polar surface area (TPSA) is 87.1 Å². The van der Waals surface area contributed by atoms with Crippen LogP contribution in [0.4, 0.5) is 10.2 Å². The van der Waals surface area contributed by atoms with E-state index in [9.17, 15) is 14.3 Å². The zero-order chi connectivity index (χ0) is 17.4. The summed E-state index contributed by atoms with van der Waals surface area (Å²) in [6.07, 6.45) is 0.963. The summed E-state index contributed by atoms with van der Waals surface area (Å²) >= 11 is 1.28. The molecule has 0 aliphatic carbocycles. The number of carboxylic acids is 1. The van der Waals surface area contributed by atoms with Gasteiger partial charge in [0, 0.05) is 22.8 Å². The molecule has 6 nitrogen and oxygen atoms in total. The van der Waals surface area contributed by atoms with E-state index in [2.05, 4.69) is 20.8 Å². The summed E-state index contributed by atoms with van der Waals surface area (Å²) in [6, 6.07) is 8.31. The molecule has 2 aromatic heterocycles. The first-order chi connectivity index (χ1) is 12.1. The van der Waals surface area contributed by atoms with Gasteiger partial charge in [0.1, 0.15) is 5.82 Å². The van der Waals surface area contributed by atoms with Crippen molar-refractivity contribution >= 4 is 33.2 Å². The molecule has 0 radical (unpaired) electrons. The highest BCUT2D eigenvalue weighted by Crippen LogP contribution is 2.38. The Morgan fingerprint density at radius 3 is 2.96 bits per heavy atom. The molecule has 128 valence electrons. The lowest BCUT2D eigenvalue weighted by molar-refractivity contribution is 0.0692. The molecule has 0 saturated carbocycles. The van der Waals surface area contributed by atoms with E-state index in [1.165, 1.54) is 23.5 Å². The molecule has 1 aromatic carbocycles. The van der Waals surface area contributed by atoms with Crippen LogP contribution in [0.3, 0.4) is 0 Å². The minimum absolute atomic E-state index is 0.0854. The Bertz CT molecular complexity index is 953. The van der Waals surface area contributed by atoms with Gasteiger partial charge >= 0.3 is 5.97 Å². The molecule has 4 rings (SSSR count). The number of thiophene rings is 1. The number of hydrogen-bond donors (Lipinski definition) is 3. The van der Waals surface area contributed by atoms with E-state index in [4.69, 9.17) is 0 Å². The van der Waals surface area contributed by atoms with Crippen LogP contribution < -0.4 is 10.6 Å². The zero-order valence-electron chi connectivity index (χ0n) is 13.1. The lowest BCUT2D eigenvalue weighted by Crippen LogP contribution is -2.23. The van der Waals surface area contributed by atoms with E-state index in [0.29, 0.717) is 21.5 Å². The largest absolute Gasteiger partial charge is 0.476 e. The number of nitrogens with zero attached hydrogens (tertiary/aromatic N) is 2. The minimum Gasteiger partial charge on any atom is -0.476 e. The Labute approximate surface area is 146 Å². The van der Waals surface area contributed by atoms with Crippen molar-refractivity contribution in [3.63, 3.8) is 0 Å². The Kier molecular flexibility index (Phi) is 4.06. The number of halogens is 1. The molecule has 1 aliphatic rings. The van der Waals surface area contributed by atoms with Crippen LogP contribution in [0.25, 0.3) is 20.5 Å². The van der Waals surface area contributed by atoms with Crippen LogP contribution in [0.1, 0.15) is 16.9 Å². The highest BCUT2D eigenvalue weighted by atomic mass is 32.1. The molecule has 0 bridgehead atoms. The standard InChI is InChI=1S/C17H15FN4O2S/c18-10-3-1-2-9(6-10)13-7-12-15(25-13)14(17(23)24)21-22-16(12)20-11-4-5-19-8-11/h1-3,6-7,11,19H,4-5,8H2,(H,20,22)(H,23,24). The lowest BCUT2D eigenvalue weighted by atomic mass is 10.1. The van der Waals surface area contributed by atoms with Crippen LogP contribution >= 0.6 is 11.3 Å². The van der Waals surface area contributed by atoms with E-state index < -0.39 is 5.97 Å². The maximum absolute atomic E-state index is 13.5. The van der Waals surface area contributed by atoms with Gasteiger partial charge in [-0.25, -0.2) is 9.18 Å². The number of carbonyl (C=O) groups is 1. The predicted octanol–water partition coefficient (Wildman–Crippen LogP) is 2.97. The Morgan fingerprint density at radius 2 is 2.24 bits per heavy atom. The first kappa shape index (κ1) is 15.9. The molecule has 0 amide bonds. The number of aromatic nitrogens is 2. The quantitative estimate of drug-likeness (QED) is 0.665. The van der Waals surface area contributed by atoms with Gasteiger partial charge in [-0.05, 0) is 36.7 Å². The monoisotopic (exact) mass is 358 g/mol. The average Bonchev–Trinajstić information content (AvgIpc) is 3.24. The number of fused-ring (bicyclic) bond motifs is 1. The maximum atomic E-state index is 13.5. The van der Waals surface area contributed by atoms with Crippen LogP contribution in [0.15, 0.2) is 30.3 Å². The van der Waals surface area contributed by atoms with Gasteiger partial charge in [-0.2, -0.15) is 0 Å². The third kappa shape index (κ3) is 3.06. The predicted molar refractivity (Wildman–Crippen MR) is 94.7 cm³/mol. The van der Waals surface area contributed by atoms with Crippen molar-refractivity contribution in [2.24, 2.45) is 0 Å². The Morgan fingerprint density at radius 1 is 1.36 bits per heavy atom. The second kappa shape index (κ2) is 6.38. The van der Waals surface area contributed by atoms with Crippen LogP contribution in [0.2, 0.25) is 0 Å². The fourth-order valence-electron chi connectivity index (χ4n) is 2.94. The van der Waals surface area contributed by atoms with Crippen molar-refractivity contribution in [3.8, 4) is 10.4 Å².